The van der Waals surface area contributed by atoms with Crippen molar-refractivity contribution in [3.63, 3.8) is 0 Å². The monoisotopic (exact) mass is 295 g/mol. The molecule has 1 N–H and O–H groups in total. The van der Waals surface area contributed by atoms with Crippen molar-refractivity contribution in [1.29, 1.82) is 0 Å². The molecule has 0 saturated heterocycles. The largest absolute Gasteiger partial charge is 0.316 e. The maximum absolute atomic E-state index is 13.3. The van der Waals surface area contributed by atoms with E-state index in [0.717, 1.165) is 17.5 Å². The first-order valence-electron chi connectivity index (χ1n) is 8.24. The Balaban J connectivity index is 1.94. The van der Waals surface area contributed by atoms with E-state index in [1.54, 1.807) is 0 Å². The summed E-state index contributed by atoms with van der Waals surface area (Å²) in [5.41, 5.74) is 0.752. The number of halogens is 2. The first-order valence-corrected chi connectivity index (χ1v) is 8.24. The van der Waals surface area contributed by atoms with Crippen molar-refractivity contribution in [2.24, 2.45) is 11.8 Å². The first-order chi connectivity index (χ1) is 10.1. The molecule has 0 amide bonds. The van der Waals surface area contributed by atoms with Crippen LogP contribution in [0.2, 0.25) is 0 Å². The fraction of sp³-hybridized carbons (Fsp3) is 0.667. The third-order valence-corrected chi connectivity index (χ3v) is 4.91. The van der Waals surface area contributed by atoms with E-state index in [0.29, 0.717) is 18.4 Å². The predicted octanol–water partition coefficient (Wildman–Crippen LogP) is 4.70. The average Bonchev–Trinajstić information content (AvgIpc) is 2.45. The van der Waals surface area contributed by atoms with Crippen molar-refractivity contribution >= 4 is 0 Å². The molecule has 1 aromatic carbocycles. The zero-order valence-electron chi connectivity index (χ0n) is 13.2. The minimum Gasteiger partial charge on any atom is -0.316 e. The molecular formula is C18H27F2N. The zero-order chi connectivity index (χ0) is 15.2. The molecule has 1 aliphatic carbocycles. The lowest BCUT2D eigenvalue weighted by molar-refractivity contribution is 0.217. The molecule has 2 rings (SSSR count). The van der Waals surface area contributed by atoms with Crippen LogP contribution in [0.15, 0.2) is 18.2 Å². The van der Waals surface area contributed by atoms with Crippen LogP contribution in [0.4, 0.5) is 8.78 Å². The van der Waals surface area contributed by atoms with Gasteiger partial charge >= 0.3 is 0 Å². The number of likely N-dealkylation sites (N-methyl/N-ethyl adjacent to an activating group) is 1. The van der Waals surface area contributed by atoms with Crippen LogP contribution in [0.25, 0.3) is 0 Å². The maximum Gasteiger partial charge on any atom is 0.126 e. The van der Waals surface area contributed by atoms with Gasteiger partial charge in [-0.1, -0.05) is 32.6 Å². The summed E-state index contributed by atoms with van der Waals surface area (Å²) >= 11 is 0. The van der Waals surface area contributed by atoms with Gasteiger partial charge in [-0.15, -0.1) is 0 Å². The van der Waals surface area contributed by atoms with Crippen molar-refractivity contribution in [2.75, 3.05) is 7.05 Å². The molecule has 0 spiro atoms. The average molecular weight is 295 g/mol. The Kier molecular flexibility index (Phi) is 6.16. The van der Waals surface area contributed by atoms with E-state index in [9.17, 15) is 8.78 Å². The van der Waals surface area contributed by atoms with Gasteiger partial charge in [-0.2, -0.15) is 0 Å². The van der Waals surface area contributed by atoms with Gasteiger partial charge in [-0.3, -0.25) is 0 Å². The summed E-state index contributed by atoms with van der Waals surface area (Å²) in [6.07, 6.45) is 8.37. The molecule has 1 saturated carbocycles. The standard InChI is InChI=1S/C18H27F2N/c1-3-4-13-5-7-15(8-6-13)18(21-2)11-14-9-16(19)12-17(20)10-14/h9-10,12-13,15,18,21H,3-8,11H2,1-2H3. The molecular weight excluding hydrogens is 268 g/mol. The highest BCUT2D eigenvalue weighted by Gasteiger charge is 2.26. The topological polar surface area (TPSA) is 12.0 Å². The van der Waals surface area contributed by atoms with Crippen LogP contribution >= 0.6 is 0 Å². The van der Waals surface area contributed by atoms with E-state index in [-0.39, 0.29) is 0 Å². The number of benzene rings is 1. The van der Waals surface area contributed by atoms with Crippen LogP contribution < -0.4 is 5.32 Å². The molecule has 3 heteroatoms. The van der Waals surface area contributed by atoms with Gasteiger partial charge in [-0.05, 0) is 55.8 Å². The molecule has 0 heterocycles. The summed E-state index contributed by atoms with van der Waals surface area (Å²) in [4.78, 5) is 0. The summed E-state index contributed by atoms with van der Waals surface area (Å²) < 4.78 is 26.6. The number of nitrogens with one attached hydrogen (secondary N) is 1. The van der Waals surface area contributed by atoms with E-state index in [1.165, 1.54) is 50.7 Å². The van der Waals surface area contributed by atoms with E-state index in [2.05, 4.69) is 12.2 Å². The van der Waals surface area contributed by atoms with Gasteiger partial charge in [0, 0.05) is 12.1 Å². The quantitative estimate of drug-likeness (QED) is 0.802. The first kappa shape index (κ1) is 16.4. The highest BCUT2D eigenvalue weighted by molar-refractivity contribution is 5.19. The lowest BCUT2D eigenvalue weighted by Crippen LogP contribution is -2.37. The Bertz CT molecular complexity index is 419. The Hall–Kier alpha value is -0.960. The smallest absolute Gasteiger partial charge is 0.126 e. The summed E-state index contributed by atoms with van der Waals surface area (Å²) in [7, 11) is 1.96. The Morgan fingerprint density at radius 2 is 1.71 bits per heavy atom. The van der Waals surface area contributed by atoms with Gasteiger partial charge in [-0.25, -0.2) is 8.78 Å². The highest BCUT2D eigenvalue weighted by atomic mass is 19.1. The van der Waals surface area contributed by atoms with E-state index in [4.69, 9.17) is 0 Å². The molecule has 1 unspecified atom stereocenters. The maximum atomic E-state index is 13.3. The second-order valence-electron chi connectivity index (χ2n) is 6.45. The van der Waals surface area contributed by atoms with Crippen LogP contribution in [-0.4, -0.2) is 13.1 Å². The SMILES string of the molecule is CCCC1CCC(C(Cc2cc(F)cc(F)c2)NC)CC1. The molecule has 0 aliphatic heterocycles. The fourth-order valence-electron chi connectivity index (χ4n) is 3.77. The van der Waals surface area contributed by atoms with Crippen molar-refractivity contribution in [3.05, 3.63) is 35.4 Å². The van der Waals surface area contributed by atoms with Crippen molar-refractivity contribution < 1.29 is 8.78 Å². The number of hydrogen-bond acceptors (Lipinski definition) is 1. The van der Waals surface area contributed by atoms with Gasteiger partial charge in [0.15, 0.2) is 0 Å². The molecule has 1 aliphatic rings. The van der Waals surface area contributed by atoms with Gasteiger partial charge in [0.25, 0.3) is 0 Å². The molecule has 1 atom stereocenters. The van der Waals surface area contributed by atoms with Gasteiger partial charge in [0.1, 0.15) is 11.6 Å². The molecule has 0 aromatic heterocycles. The van der Waals surface area contributed by atoms with E-state index < -0.39 is 11.6 Å². The van der Waals surface area contributed by atoms with E-state index in [1.807, 2.05) is 7.05 Å². The summed E-state index contributed by atoms with van der Waals surface area (Å²) in [6, 6.07) is 4.16. The van der Waals surface area contributed by atoms with Crippen LogP contribution in [0, 0.1) is 23.5 Å². The van der Waals surface area contributed by atoms with Crippen LogP contribution in [0.1, 0.15) is 51.0 Å². The lowest BCUT2D eigenvalue weighted by Gasteiger charge is -2.34. The third-order valence-electron chi connectivity index (χ3n) is 4.91. The number of hydrogen-bond donors (Lipinski definition) is 1. The Morgan fingerprint density at radius 1 is 1.10 bits per heavy atom. The molecule has 0 bridgehead atoms. The summed E-state index contributed by atoms with van der Waals surface area (Å²) in [5, 5.41) is 3.36. The van der Waals surface area contributed by atoms with Crippen molar-refractivity contribution in [3.8, 4) is 0 Å². The highest BCUT2D eigenvalue weighted by Crippen LogP contribution is 2.34. The molecule has 1 nitrogen and oxygen atoms in total. The van der Waals surface area contributed by atoms with Crippen LogP contribution in [-0.2, 0) is 6.42 Å². The second kappa shape index (κ2) is 7.88. The molecule has 21 heavy (non-hydrogen) atoms. The predicted molar refractivity (Wildman–Crippen MR) is 83.3 cm³/mol. The second-order valence-corrected chi connectivity index (χ2v) is 6.45. The molecule has 0 radical (unpaired) electrons. The van der Waals surface area contributed by atoms with Crippen LogP contribution in [0.5, 0.6) is 0 Å². The van der Waals surface area contributed by atoms with E-state index >= 15 is 0 Å². The Morgan fingerprint density at radius 3 is 2.24 bits per heavy atom. The third kappa shape index (κ3) is 4.77. The van der Waals surface area contributed by atoms with Gasteiger partial charge < -0.3 is 5.32 Å². The molecule has 1 fully saturated rings. The summed E-state index contributed by atoms with van der Waals surface area (Å²) in [5.74, 6) is 0.544. The number of rotatable bonds is 6. The minimum atomic E-state index is -0.480. The lowest BCUT2D eigenvalue weighted by atomic mass is 9.76. The van der Waals surface area contributed by atoms with Crippen LogP contribution in [0.3, 0.4) is 0 Å². The minimum absolute atomic E-state index is 0.314. The molecule has 118 valence electrons. The summed E-state index contributed by atoms with van der Waals surface area (Å²) in [6.45, 7) is 2.25. The fourth-order valence-corrected chi connectivity index (χ4v) is 3.77. The van der Waals surface area contributed by atoms with Gasteiger partial charge in [0.2, 0.25) is 0 Å². The van der Waals surface area contributed by atoms with Crippen molar-refractivity contribution in [2.45, 2.75) is 57.9 Å². The zero-order valence-corrected chi connectivity index (χ0v) is 13.2. The van der Waals surface area contributed by atoms with Gasteiger partial charge in [0.05, 0.1) is 0 Å². The Labute approximate surface area is 127 Å². The normalized spacial score (nSPS) is 24.0. The van der Waals surface area contributed by atoms with Crippen molar-refractivity contribution in [1.82, 2.24) is 5.32 Å². The molecule has 1 aromatic rings.